The van der Waals surface area contributed by atoms with E-state index in [-0.39, 0.29) is 0 Å². The molecule has 0 aromatic carbocycles. The molecule has 12 heavy (non-hydrogen) atoms. The molecule has 1 aliphatic heterocycles. The fourth-order valence-electron chi connectivity index (χ4n) is 1.27. The summed E-state index contributed by atoms with van der Waals surface area (Å²) in [6, 6.07) is 0. The number of hydrogen-bond donors (Lipinski definition) is 2. The molecule has 0 spiro atoms. The maximum atomic E-state index is 12.7. The summed E-state index contributed by atoms with van der Waals surface area (Å²) in [5, 5.41) is 18.3. The molecular weight excluding hydrogens is 170 g/mol. The van der Waals surface area contributed by atoms with E-state index in [4.69, 9.17) is 14.9 Å². The Kier molecular flexibility index (Phi) is 2.98. The summed E-state index contributed by atoms with van der Waals surface area (Å²) in [7, 11) is 0. The van der Waals surface area contributed by atoms with E-state index in [0.29, 0.717) is 0 Å². The Morgan fingerprint density at radius 3 is 2.33 bits per heavy atom. The second-order valence-electron chi connectivity index (χ2n) is 2.96. The van der Waals surface area contributed by atoms with Crippen LogP contribution in [0.15, 0.2) is 0 Å². The minimum Gasteiger partial charge on any atom is -0.388 e. The van der Waals surface area contributed by atoms with Gasteiger partial charge < -0.3 is 14.9 Å². The van der Waals surface area contributed by atoms with Crippen molar-refractivity contribution in [3.8, 4) is 0 Å². The molecule has 1 saturated heterocycles. The van der Waals surface area contributed by atoms with Gasteiger partial charge in [-0.1, -0.05) is 0 Å². The predicted octanol–water partition coefficient (Wildman–Crippen LogP) is -0.197. The molecule has 0 saturated carbocycles. The van der Waals surface area contributed by atoms with Gasteiger partial charge in [0.2, 0.25) is 0 Å². The molecule has 5 heteroatoms. The van der Waals surface area contributed by atoms with E-state index in [9.17, 15) is 8.78 Å². The third kappa shape index (κ3) is 1.57. The van der Waals surface area contributed by atoms with Gasteiger partial charge in [0.25, 0.3) is 0 Å². The van der Waals surface area contributed by atoms with Gasteiger partial charge in [0.15, 0.2) is 6.17 Å². The van der Waals surface area contributed by atoms with Crippen molar-refractivity contribution in [1.82, 2.24) is 0 Å². The Bertz CT molecular complexity index is 156. The maximum absolute atomic E-state index is 12.7. The van der Waals surface area contributed by atoms with Gasteiger partial charge in [0.1, 0.15) is 25.0 Å². The molecule has 0 aliphatic carbocycles. The van der Waals surface area contributed by atoms with Gasteiger partial charge >= 0.3 is 0 Å². The molecule has 2 N–H and O–H groups in total. The van der Waals surface area contributed by atoms with Crippen LogP contribution in [0.2, 0.25) is 0 Å². The second-order valence-corrected chi connectivity index (χ2v) is 2.96. The van der Waals surface area contributed by atoms with Crippen molar-refractivity contribution < 1.29 is 23.7 Å². The summed E-state index contributed by atoms with van der Waals surface area (Å²) in [4.78, 5) is 0. The number of alkyl halides is 2. The first-order valence-corrected chi connectivity index (χ1v) is 3.79. The van der Waals surface area contributed by atoms with Crippen LogP contribution in [-0.2, 0) is 4.74 Å². The summed E-state index contributed by atoms with van der Waals surface area (Å²) in [6.07, 6.45) is -6.19. The highest BCUT2D eigenvalue weighted by molar-refractivity contribution is 4.92. The van der Waals surface area contributed by atoms with E-state index in [0.717, 1.165) is 0 Å². The molecule has 1 rings (SSSR count). The van der Waals surface area contributed by atoms with Crippen molar-refractivity contribution in [2.24, 2.45) is 0 Å². The lowest BCUT2D eigenvalue weighted by Crippen LogP contribution is -2.37. The lowest BCUT2D eigenvalue weighted by molar-refractivity contribution is -0.0382. The van der Waals surface area contributed by atoms with Gasteiger partial charge in [-0.15, -0.1) is 0 Å². The average molecular weight is 182 g/mol. The Morgan fingerprint density at radius 2 is 2.00 bits per heavy atom. The quantitative estimate of drug-likeness (QED) is 0.622. The van der Waals surface area contributed by atoms with Gasteiger partial charge in [-0.2, -0.15) is 0 Å². The molecule has 3 nitrogen and oxygen atoms in total. The van der Waals surface area contributed by atoms with Crippen LogP contribution in [0.1, 0.15) is 6.92 Å². The standard InChI is InChI=1S/C7H12F2O3/c1-3-5(10)6(11)7(12-3)4(9)2-8/h3-7,10-11H,2H2,1H3/t3-,4?,5?,6+,7+/m0/s1. The molecular formula is C7H12F2O3. The smallest absolute Gasteiger partial charge is 0.157 e. The molecule has 1 fully saturated rings. The first kappa shape index (κ1) is 9.83. The number of rotatable bonds is 2. The van der Waals surface area contributed by atoms with Gasteiger partial charge in [0.05, 0.1) is 6.10 Å². The first-order chi connectivity index (χ1) is 5.57. The van der Waals surface area contributed by atoms with Gasteiger partial charge in [-0.25, -0.2) is 8.78 Å². The van der Waals surface area contributed by atoms with Crippen LogP contribution < -0.4 is 0 Å². The van der Waals surface area contributed by atoms with Crippen molar-refractivity contribution in [3.63, 3.8) is 0 Å². The zero-order chi connectivity index (χ0) is 9.30. The zero-order valence-electron chi connectivity index (χ0n) is 6.65. The molecule has 0 bridgehead atoms. The molecule has 1 aliphatic rings. The van der Waals surface area contributed by atoms with E-state index in [1.54, 1.807) is 0 Å². The molecule has 0 radical (unpaired) electrons. The molecule has 5 atom stereocenters. The van der Waals surface area contributed by atoms with E-state index < -0.39 is 37.3 Å². The highest BCUT2D eigenvalue weighted by Crippen LogP contribution is 2.24. The zero-order valence-corrected chi connectivity index (χ0v) is 6.65. The SMILES string of the molecule is C[C@@H]1O[C@H](C(F)CF)[C@H](O)C1O. The van der Waals surface area contributed by atoms with Gasteiger partial charge in [0, 0.05) is 0 Å². The number of aliphatic hydroxyl groups is 2. The Morgan fingerprint density at radius 1 is 1.42 bits per heavy atom. The number of ether oxygens (including phenoxy) is 1. The van der Waals surface area contributed by atoms with Crippen LogP contribution in [-0.4, -0.2) is 47.5 Å². The summed E-state index contributed by atoms with van der Waals surface area (Å²) >= 11 is 0. The van der Waals surface area contributed by atoms with Crippen LogP contribution >= 0.6 is 0 Å². The third-order valence-corrected chi connectivity index (χ3v) is 2.04. The molecule has 0 aromatic rings. The van der Waals surface area contributed by atoms with Crippen LogP contribution in [0.5, 0.6) is 0 Å². The lowest BCUT2D eigenvalue weighted by atomic mass is 10.1. The Balaban J connectivity index is 2.58. The monoisotopic (exact) mass is 182 g/mol. The summed E-state index contributed by atoms with van der Waals surface area (Å²) in [5.41, 5.74) is 0. The summed E-state index contributed by atoms with van der Waals surface area (Å²) in [6.45, 7) is 0.292. The Labute approximate surface area is 69.0 Å². The highest BCUT2D eigenvalue weighted by Gasteiger charge is 2.44. The summed E-state index contributed by atoms with van der Waals surface area (Å²) < 4.78 is 29.3. The minimum atomic E-state index is -1.86. The van der Waals surface area contributed by atoms with E-state index in [1.807, 2.05) is 0 Å². The minimum absolute atomic E-state index is 0.644. The lowest BCUT2D eigenvalue weighted by Gasteiger charge is -2.16. The molecule has 72 valence electrons. The number of hydrogen-bond acceptors (Lipinski definition) is 3. The fraction of sp³-hybridized carbons (Fsp3) is 1.00. The van der Waals surface area contributed by atoms with Crippen molar-refractivity contribution in [1.29, 1.82) is 0 Å². The molecule has 1 heterocycles. The number of aliphatic hydroxyl groups excluding tert-OH is 2. The van der Waals surface area contributed by atoms with Crippen LogP contribution in [0.4, 0.5) is 8.78 Å². The summed E-state index contributed by atoms with van der Waals surface area (Å²) in [5.74, 6) is 0. The fourth-order valence-corrected chi connectivity index (χ4v) is 1.27. The molecule has 0 aromatic heterocycles. The van der Waals surface area contributed by atoms with Crippen molar-refractivity contribution in [3.05, 3.63) is 0 Å². The van der Waals surface area contributed by atoms with Crippen molar-refractivity contribution in [2.45, 2.75) is 37.5 Å². The first-order valence-electron chi connectivity index (χ1n) is 3.79. The Hall–Kier alpha value is -0.260. The molecule has 0 amide bonds. The second kappa shape index (κ2) is 3.64. The van der Waals surface area contributed by atoms with Crippen LogP contribution in [0.25, 0.3) is 0 Å². The highest BCUT2D eigenvalue weighted by atomic mass is 19.2. The van der Waals surface area contributed by atoms with E-state index in [2.05, 4.69) is 0 Å². The van der Waals surface area contributed by atoms with Crippen LogP contribution in [0.3, 0.4) is 0 Å². The van der Waals surface area contributed by atoms with Crippen LogP contribution in [0, 0.1) is 0 Å². The van der Waals surface area contributed by atoms with Crippen molar-refractivity contribution >= 4 is 0 Å². The maximum Gasteiger partial charge on any atom is 0.157 e. The topological polar surface area (TPSA) is 49.7 Å². The normalized spacial score (nSPS) is 44.8. The molecule has 2 unspecified atom stereocenters. The van der Waals surface area contributed by atoms with E-state index >= 15 is 0 Å². The third-order valence-electron chi connectivity index (χ3n) is 2.04. The number of halogens is 2. The van der Waals surface area contributed by atoms with Crippen molar-refractivity contribution in [2.75, 3.05) is 6.67 Å². The largest absolute Gasteiger partial charge is 0.388 e. The van der Waals surface area contributed by atoms with Gasteiger partial charge in [-0.3, -0.25) is 0 Å². The van der Waals surface area contributed by atoms with E-state index in [1.165, 1.54) is 6.92 Å². The average Bonchev–Trinajstić information content (AvgIpc) is 2.32. The van der Waals surface area contributed by atoms with Gasteiger partial charge in [-0.05, 0) is 6.92 Å². The predicted molar refractivity (Wildman–Crippen MR) is 37.2 cm³/mol.